The number of hydrogen-bond acceptors (Lipinski definition) is 3. The van der Waals surface area contributed by atoms with Crippen molar-refractivity contribution in [1.29, 1.82) is 0 Å². The van der Waals surface area contributed by atoms with Crippen LogP contribution in [0.3, 0.4) is 0 Å². The minimum atomic E-state index is -0.377. The second-order valence-electron chi connectivity index (χ2n) is 6.62. The van der Waals surface area contributed by atoms with Crippen molar-refractivity contribution in [1.82, 2.24) is 0 Å². The maximum Gasteiger partial charge on any atom is 0.229 e. The third kappa shape index (κ3) is 3.72. The molecule has 136 valence electrons. The van der Waals surface area contributed by atoms with Crippen LogP contribution >= 0.6 is 0 Å². The van der Waals surface area contributed by atoms with Crippen LogP contribution in [0.25, 0.3) is 0 Å². The summed E-state index contributed by atoms with van der Waals surface area (Å²) in [6.07, 6.45) is 1.11. The summed E-state index contributed by atoms with van der Waals surface area (Å²) in [5, 5.41) is 2.94. The first-order valence-electron chi connectivity index (χ1n) is 8.86. The van der Waals surface area contributed by atoms with Gasteiger partial charge in [-0.25, -0.2) is 0 Å². The number of aryl methyl sites for hydroxylation is 2. The highest BCUT2D eigenvalue weighted by molar-refractivity contribution is 6.04. The number of ether oxygens (including phenoxy) is 1. The van der Waals surface area contributed by atoms with Gasteiger partial charge in [-0.05, 0) is 48.7 Å². The van der Waals surface area contributed by atoms with Gasteiger partial charge in [0.05, 0.1) is 18.7 Å². The molecule has 0 bridgehead atoms. The lowest BCUT2D eigenvalue weighted by Gasteiger charge is -2.20. The Morgan fingerprint density at radius 1 is 1.27 bits per heavy atom. The van der Waals surface area contributed by atoms with E-state index in [-0.39, 0.29) is 24.2 Å². The van der Waals surface area contributed by atoms with E-state index < -0.39 is 0 Å². The Kier molecular flexibility index (Phi) is 5.26. The van der Waals surface area contributed by atoms with Gasteiger partial charge in [0.1, 0.15) is 5.75 Å². The average Bonchev–Trinajstić information content (AvgIpc) is 3.03. The normalized spacial score (nSPS) is 16.7. The van der Waals surface area contributed by atoms with E-state index >= 15 is 0 Å². The zero-order valence-corrected chi connectivity index (χ0v) is 15.4. The Morgan fingerprint density at radius 2 is 2.08 bits per heavy atom. The number of nitrogens with zero attached hydrogens (tertiary/aromatic N) is 1. The molecule has 1 heterocycles. The van der Waals surface area contributed by atoms with Gasteiger partial charge in [-0.15, -0.1) is 0 Å². The smallest absolute Gasteiger partial charge is 0.229 e. The van der Waals surface area contributed by atoms with Crippen molar-refractivity contribution in [3.05, 3.63) is 53.6 Å². The topological polar surface area (TPSA) is 58.6 Å². The quantitative estimate of drug-likeness (QED) is 0.895. The molecule has 1 atom stereocenters. The van der Waals surface area contributed by atoms with Crippen molar-refractivity contribution in [2.75, 3.05) is 23.9 Å². The van der Waals surface area contributed by atoms with E-state index in [2.05, 4.69) is 12.2 Å². The van der Waals surface area contributed by atoms with Gasteiger partial charge in [-0.3, -0.25) is 9.59 Å². The molecule has 0 aliphatic carbocycles. The van der Waals surface area contributed by atoms with Crippen molar-refractivity contribution in [3.63, 3.8) is 0 Å². The molecule has 3 rings (SSSR count). The molecule has 5 heteroatoms. The highest BCUT2D eigenvalue weighted by Gasteiger charge is 2.36. The maximum atomic E-state index is 12.6. The van der Waals surface area contributed by atoms with Crippen molar-refractivity contribution in [2.24, 2.45) is 5.92 Å². The van der Waals surface area contributed by atoms with E-state index in [1.54, 1.807) is 12.0 Å². The standard InChI is InChI=1S/C21H24N2O3/c1-4-15-6-5-7-17(11-15)22-21(25)16-12-20(24)23(13-16)18-10-14(2)8-9-19(18)26-3/h5-11,16H,4,12-13H2,1-3H3,(H,22,25)/t16-/m1/s1. The van der Waals surface area contributed by atoms with E-state index in [0.29, 0.717) is 12.3 Å². The lowest BCUT2D eigenvalue weighted by atomic mass is 10.1. The lowest BCUT2D eigenvalue weighted by molar-refractivity contribution is -0.122. The molecule has 1 aliphatic heterocycles. The van der Waals surface area contributed by atoms with E-state index in [0.717, 1.165) is 28.9 Å². The van der Waals surface area contributed by atoms with E-state index in [1.165, 1.54) is 0 Å². The molecule has 1 aliphatic rings. The molecule has 2 amide bonds. The molecule has 1 fully saturated rings. The summed E-state index contributed by atoms with van der Waals surface area (Å²) in [5.74, 6) is 0.0794. The number of nitrogens with one attached hydrogen (secondary N) is 1. The number of anilines is 2. The van der Waals surface area contributed by atoms with Crippen molar-refractivity contribution in [3.8, 4) is 5.75 Å². The molecule has 0 saturated carbocycles. The lowest BCUT2D eigenvalue weighted by Crippen LogP contribution is -2.28. The highest BCUT2D eigenvalue weighted by Crippen LogP contribution is 2.34. The zero-order chi connectivity index (χ0) is 18.7. The summed E-state index contributed by atoms with van der Waals surface area (Å²) in [6, 6.07) is 13.5. The third-order valence-corrected chi connectivity index (χ3v) is 4.72. The number of benzene rings is 2. The number of methoxy groups -OCH3 is 1. The molecule has 5 nitrogen and oxygen atoms in total. The molecule has 2 aromatic rings. The van der Waals surface area contributed by atoms with Crippen molar-refractivity contribution < 1.29 is 14.3 Å². The van der Waals surface area contributed by atoms with Gasteiger partial charge < -0.3 is 15.0 Å². The molecule has 26 heavy (non-hydrogen) atoms. The average molecular weight is 352 g/mol. The zero-order valence-electron chi connectivity index (χ0n) is 15.4. The fourth-order valence-electron chi connectivity index (χ4n) is 3.24. The molecule has 2 aromatic carbocycles. The van der Waals surface area contributed by atoms with E-state index in [1.807, 2.05) is 49.4 Å². The number of rotatable bonds is 5. The SMILES string of the molecule is CCc1cccc(NC(=O)[C@@H]2CC(=O)N(c3cc(C)ccc3OC)C2)c1. The fourth-order valence-corrected chi connectivity index (χ4v) is 3.24. The first kappa shape index (κ1) is 18.0. The molecule has 0 spiro atoms. The maximum absolute atomic E-state index is 12.6. The second-order valence-corrected chi connectivity index (χ2v) is 6.62. The number of amides is 2. The molecular weight excluding hydrogens is 328 g/mol. The van der Waals surface area contributed by atoms with Crippen molar-refractivity contribution in [2.45, 2.75) is 26.7 Å². The van der Waals surface area contributed by atoms with Crippen LogP contribution in [0.4, 0.5) is 11.4 Å². The summed E-state index contributed by atoms with van der Waals surface area (Å²) in [7, 11) is 1.58. The van der Waals surface area contributed by atoms with Gasteiger partial charge in [-0.2, -0.15) is 0 Å². The Balaban J connectivity index is 1.75. The predicted octanol–water partition coefficient (Wildman–Crippen LogP) is 3.56. The van der Waals surface area contributed by atoms with Crippen LogP contribution in [0.2, 0.25) is 0 Å². The third-order valence-electron chi connectivity index (χ3n) is 4.72. The van der Waals surface area contributed by atoms with E-state index in [9.17, 15) is 9.59 Å². The van der Waals surface area contributed by atoms with Gasteiger partial charge in [0, 0.05) is 18.7 Å². The molecular formula is C21H24N2O3. The molecule has 0 radical (unpaired) electrons. The summed E-state index contributed by atoms with van der Waals surface area (Å²) in [5.41, 5.74) is 3.70. The Hall–Kier alpha value is -2.82. The molecule has 0 aromatic heterocycles. The van der Waals surface area contributed by atoms with Crippen LogP contribution in [-0.2, 0) is 16.0 Å². The number of hydrogen-bond donors (Lipinski definition) is 1. The van der Waals surface area contributed by atoms with Gasteiger partial charge in [-0.1, -0.05) is 25.1 Å². The minimum absolute atomic E-state index is 0.0589. The fraction of sp³-hybridized carbons (Fsp3) is 0.333. The Labute approximate surface area is 154 Å². The Bertz CT molecular complexity index is 832. The van der Waals surface area contributed by atoms with Crippen LogP contribution in [0.15, 0.2) is 42.5 Å². The van der Waals surface area contributed by atoms with Crippen LogP contribution in [0.1, 0.15) is 24.5 Å². The molecule has 1 saturated heterocycles. The Morgan fingerprint density at radius 3 is 2.81 bits per heavy atom. The number of carbonyl (C=O) groups is 2. The molecule has 0 unspecified atom stereocenters. The first-order valence-corrected chi connectivity index (χ1v) is 8.86. The van der Waals surface area contributed by atoms with Gasteiger partial charge in [0.2, 0.25) is 11.8 Å². The summed E-state index contributed by atoms with van der Waals surface area (Å²) in [4.78, 5) is 26.8. The monoisotopic (exact) mass is 352 g/mol. The molecule has 1 N–H and O–H groups in total. The van der Waals surface area contributed by atoms with Crippen LogP contribution in [0.5, 0.6) is 5.75 Å². The first-order chi connectivity index (χ1) is 12.5. The van der Waals surface area contributed by atoms with Crippen LogP contribution in [0, 0.1) is 12.8 Å². The largest absolute Gasteiger partial charge is 0.495 e. The van der Waals surface area contributed by atoms with Crippen molar-refractivity contribution >= 4 is 23.2 Å². The van der Waals surface area contributed by atoms with Crippen LogP contribution in [-0.4, -0.2) is 25.5 Å². The van der Waals surface area contributed by atoms with Gasteiger partial charge in [0.25, 0.3) is 0 Å². The highest BCUT2D eigenvalue weighted by atomic mass is 16.5. The predicted molar refractivity (Wildman–Crippen MR) is 103 cm³/mol. The second kappa shape index (κ2) is 7.60. The minimum Gasteiger partial charge on any atom is -0.495 e. The van der Waals surface area contributed by atoms with Crippen LogP contribution < -0.4 is 15.0 Å². The summed E-state index contributed by atoms with van der Waals surface area (Å²) < 4.78 is 5.38. The van der Waals surface area contributed by atoms with Gasteiger partial charge in [0.15, 0.2) is 0 Å². The summed E-state index contributed by atoms with van der Waals surface area (Å²) >= 11 is 0. The number of carbonyl (C=O) groups excluding carboxylic acids is 2. The summed E-state index contributed by atoms with van der Waals surface area (Å²) in [6.45, 7) is 4.40. The van der Waals surface area contributed by atoms with Gasteiger partial charge >= 0.3 is 0 Å². The van der Waals surface area contributed by atoms with E-state index in [4.69, 9.17) is 4.74 Å².